The Morgan fingerprint density at radius 2 is 1.38 bits per heavy atom. The number of fused-ring (bicyclic) bond motifs is 2. The lowest BCUT2D eigenvalue weighted by Crippen LogP contribution is -2.48. The van der Waals surface area contributed by atoms with Crippen molar-refractivity contribution in [2.75, 3.05) is 32.7 Å². The zero-order valence-corrected chi connectivity index (χ0v) is 14.1. The average Bonchev–Trinajstić information content (AvgIpc) is 2.80. The Bertz CT molecular complexity index is 703. The van der Waals surface area contributed by atoms with E-state index in [1.54, 1.807) is 0 Å². The minimum absolute atomic E-state index is 0.382. The highest BCUT2D eigenvalue weighted by Gasteiger charge is 2.30. The number of hydrogen-bond donors (Lipinski definition) is 0. The molecule has 2 aromatic rings. The number of terminal acetylenes is 1. The molecule has 0 N–H and O–H groups in total. The lowest BCUT2D eigenvalue weighted by molar-refractivity contribution is 0.119. The van der Waals surface area contributed by atoms with Gasteiger partial charge >= 0.3 is 0 Å². The van der Waals surface area contributed by atoms with E-state index in [0.717, 1.165) is 45.6 Å². The second-order valence-corrected chi connectivity index (χ2v) is 6.82. The molecule has 122 valence electrons. The lowest BCUT2D eigenvalue weighted by Gasteiger charge is -2.39. The minimum atomic E-state index is 0.382. The summed E-state index contributed by atoms with van der Waals surface area (Å²) in [6.45, 7) is 5.05. The standard InChI is InChI=1S/C22H24N2/c1-2-13-23-14-16-24(17-15-23)22-20-9-5-3-7-18(20)11-12-19-8-4-6-10-21(19)22/h1,3-10,22H,11-17H2. The van der Waals surface area contributed by atoms with Crippen LogP contribution in [0.15, 0.2) is 48.5 Å². The number of piperazine rings is 1. The molecule has 4 rings (SSSR count). The molecule has 1 heterocycles. The summed E-state index contributed by atoms with van der Waals surface area (Å²) in [5.41, 5.74) is 6.00. The van der Waals surface area contributed by atoms with E-state index < -0.39 is 0 Å². The van der Waals surface area contributed by atoms with Crippen LogP contribution in [0.2, 0.25) is 0 Å². The predicted molar refractivity (Wildman–Crippen MR) is 99.0 cm³/mol. The summed E-state index contributed by atoms with van der Waals surface area (Å²) in [5.74, 6) is 2.78. The van der Waals surface area contributed by atoms with Crippen molar-refractivity contribution in [2.45, 2.75) is 18.9 Å². The van der Waals surface area contributed by atoms with Gasteiger partial charge in [0.15, 0.2) is 0 Å². The Balaban J connectivity index is 1.70. The van der Waals surface area contributed by atoms with Gasteiger partial charge in [-0.25, -0.2) is 0 Å². The Hall–Kier alpha value is -2.08. The van der Waals surface area contributed by atoms with Crippen molar-refractivity contribution in [1.29, 1.82) is 0 Å². The van der Waals surface area contributed by atoms with E-state index in [9.17, 15) is 0 Å². The van der Waals surface area contributed by atoms with Crippen molar-refractivity contribution >= 4 is 0 Å². The van der Waals surface area contributed by atoms with Gasteiger partial charge in [0.1, 0.15) is 0 Å². The molecule has 0 unspecified atom stereocenters. The van der Waals surface area contributed by atoms with Gasteiger partial charge in [-0.15, -0.1) is 6.42 Å². The van der Waals surface area contributed by atoms with E-state index >= 15 is 0 Å². The largest absolute Gasteiger partial charge is 0.290 e. The molecule has 2 aliphatic rings. The third kappa shape index (κ3) is 2.86. The van der Waals surface area contributed by atoms with Crippen molar-refractivity contribution in [3.05, 3.63) is 70.8 Å². The molecule has 2 aromatic carbocycles. The smallest absolute Gasteiger partial charge is 0.0608 e. The average molecular weight is 316 g/mol. The van der Waals surface area contributed by atoms with E-state index in [0.29, 0.717) is 6.04 Å². The molecule has 0 saturated carbocycles. The first kappa shape index (κ1) is 15.4. The number of benzene rings is 2. The van der Waals surface area contributed by atoms with Crippen LogP contribution in [-0.2, 0) is 12.8 Å². The second kappa shape index (κ2) is 6.81. The Kier molecular flexibility index (Phi) is 4.38. The summed E-state index contributed by atoms with van der Waals surface area (Å²) in [5, 5.41) is 0. The molecule has 2 heteroatoms. The maximum Gasteiger partial charge on any atom is 0.0608 e. The Morgan fingerprint density at radius 3 is 1.92 bits per heavy atom. The molecule has 0 amide bonds. The maximum absolute atomic E-state index is 5.48. The van der Waals surface area contributed by atoms with Gasteiger partial charge in [0.25, 0.3) is 0 Å². The topological polar surface area (TPSA) is 6.48 Å². The number of aryl methyl sites for hydroxylation is 2. The normalized spacial score (nSPS) is 19.1. The van der Waals surface area contributed by atoms with Crippen molar-refractivity contribution in [3.8, 4) is 12.3 Å². The van der Waals surface area contributed by atoms with E-state index in [2.05, 4.69) is 64.3 Å². The molecule has 1 fully saturated rings. The minimum Gasteiger partial charge on any atom is -0.290 e. The number of hydrogen-bond acceptors (Lipinski definition) is 2. The van der Waals surface area contributed by atoms with Crippen molar-refractivity contribution in [3.63, 3.8) is 0 Å². The quantitative estimate of drug-likeness (QED) is 0.786. The van der Waals surface area contributed by atoms with Crippen LogP contribution in [0.1, 0.15) is 28.3 Å². The SMILES string of the molecule is C#CCN1CCN(C2c3ccccc3CCc3ccccc32)CC1. The van der Waals surface area contributed by atoms with Crippen LogP contribution in [0.5, 0.6) is 0 Å². The van der Waals surface area contributed by atoms with Gasteiger partial charge in [-0.05, 0) is 35.1 Å². The fourth-order valence-corrected chi connectivity index (χ4v) is 4.20. The first-order valence-electron chi connectivity index (χ1n) is 8.92. The molecule has 24 heavy (non-hydrogen) atoms. The summed E-state index contributed by atoms with van der Waals surface area (Å²) >= 11 is 0. The zero-order chi connectivity index (χ0) is 16.4. The molecule has 0 aromatic heterocycles. The van der Waals surface area contributed by atoms with E-state index in [1.807, 2.05) is 0 Å². The monoisotopic (exact) mass is 316 g/mol. The van der Waals surface area contributed by atoms with Crippen LogP contribution >= 0.6 is 0 Å². The van der Waals surface area contributed by atoms with Crippen molar-refractivity contribution < 1.29 is 0 Å². The Morgan fingerprint density at radius 1 is 0.833 bits per heavy atom. The molecule has 0 atom stereocenters. The van der Waals surface area contributed by atoms with E-state index in [-0.39, 0.29) is 0 Å². The first-order chi connectivity index (χ1) is 11.9. The van der Waals surface area contributed by atoms with Gasteiger partial charge in [0.05, 0.1) is 12.6 Å². The molecular weight excluding hydrogens is 292 g/mol. The fourth-order valence-electron chi connectivity index (χ4n) is 4.20. The fraction of sp³-hybridized carbons (Fsp3) is 0.364. The van der Waals surface area contributed by atoms with Crippen LogP contribution in [0, 0.1) is 12.3 Å². The highest BCUT2D eigenvalue weighted by atomic mass is 15.3. The molecule has 1 saturated heterocycles. The van der Waals surface area contributed by atoms with Crippen LogP contribution in [-0.4, -0.2) is 42.5 Å². The summed E-state index contributed by atoms with van der Waals surface area (Å²) in [6, 6.07) is 18.4. The maximum atomic E-state index is 5.48. The van der Waals surface area contributed by atoms with Crippen LogP contribution in [0.3, 0.4) is 0 Å². The van der Waals surface area contributed by atoms with Crippen molar-refractivity contribution in [1.82, 2.24) is 9.80 Å². The third-order valence-electron chi connectivity index (χ3n) is 5.45. The number of rotatable bonds is 2. The zero-order valence-electron chi connectivity index (χ0n) is 14.1. The van der Waals surface area contributed by atoms with Gasteiger partial charge in [-0.3, -0.25) is 9.80 Å². The lowest BCUT2D eigenvalue weighted by atomic mass is 9.93. The van der Waals surface area contributed by atoms with Crippen LogP contribution < -0.4 is 0 Å². The van der Waals surface area contributed by atoms with Crippen LogP contribution in [0.25, 0.3) is 0 Å². The predicted octanol–water partition coefficient (Wildman–Crippen LogP) is 3.13. The Labute approximate surface area is 145 Å². The second-order valence-electron chi connectivity index (χ2n) is 6.82. The first-order valence-corrected chi connectivity index (χ1v) is 8.92. The molecule has 1 aliphatic carbocycles. The number of nitrogens with zero attached hydrogens (tertiary/aromatic N) is 2. The van der Waals surface area contributed by atoms with Crippen LogP contribution in [0.4, 0.5) is 0 Å². The molecular formula is C22H24N2. The van der Waals surface area contributed by atoms with Gasteiger partial charge in [0, 0.05) is 26.2 Å². The summed E-state index contributed by atoms with van der Waals surface area (Å²) in [7, 11) is 0. The van der Waals surface area contributed by atoms with Gasteiger partial charge in [0.2, 0.25) is 0 Å². The van der Waals surface area contributed by atoms with Crippen molar-refractivity contribution in [2.24, 2.45) is 0 Å². The summed E-state index contributed by atoms with van der Waals surface area (Å²) < 4.78 is 0. The highest BCUT2D eigenvalue weighted by molar-refractivity contribution is 5.44. The molecule has 0 radical (unpaired) electrons. The van der Waals surface area contributed by atoms with Gasteiger partial charge < -0.3 is 0 Å². The third-order valence-corrected chi connectivity index (χ3v) is 5.45. The van der Waals surface area contributed by atoms with E-state index in [4.69, 9.17) is 6.42 Å². The van der Waals surface area contributed by atoms with Gasteiger partial charge in [-0.1, -0.05) is 54.5 Å². The summed E-state index contributed by atoms with van der Waals surface area (Å²) in [6.07, 6.45) is 7.76. The van der Waals surface area contributed by atoms with E-state index in [1.165, 1.54) is 22.3 Å². The molecule has 0 bridgehead atoms. The molecule has 2 nitrogen and oxygen atoms in total. The highest BCUT2D eigenvalue weighted by Crippen LogP contribution is 2.37. The molecule has 0 spiro atoms. The van der Waals surface area contributed by atoms with Gasteiger partial charge in [-0.2, -0.15) is 0 Å². The molecule has 1 aliphatic heterocycles. The summed E-state index contributed by atoms with van der Waals surface area (Å²) in [4.78, 5) is 5.03.